The van der Waals surface area contributed by atoms with Crippen LogP contribution in [0.1, 0.15) is 9.67 Å². The Morgan fingerprint density at radius 2 is 2.38 bits per heavy atom. The predicted octanol–water partition coefficient (Wildman–Crippen LogP) is 0.912. The quantitative estimate of drug-likeness (QED) is 0.786. The van der Waals surface area contributed by atoms with Crippen LogP contribution in [0.4, 0.5) is 5.69 Å². The summed E-state index contributed by atoms with van der Waals surface area (Å²) in [4.78, 5) is 11.7. The molecule has 0 spiro atoms. The van der Waals surface area contributed by atoms with Crippen LogP contribution in [-0.2, 0) is 11.8 Å². The van der Waals surface area contributed by atoms with Crippen molar-refractivity contribution >= 4 is 23.2 Å². The summed E-state index contributed by atoms with van der Waals surface area (Å²) < 4.78 is 10.4. The second-order valence-corrected chi connectivity index (χ2v) is 3.94. The third-order valence-electron chi connectivity index (χ3n) is 2.08. The van der Waals surface area contributed by atoms with Gasteiger partial charge in [-0.05, 0) is 11.5 Å². The highest BCUT2D eigenvalue weighted by Gasteiger charge is 2.19. The minimum Gasteiger partial charge on any atom is -0.465 e. The molecule has 0 aliphatic rings. The van der Waals surface area contributed by atoms with Crippen LogP contribution in [0.2, 0.25) is 0 Å². The zero-order valence-electron chi connectivity index (χ0n) is 8.80. The van der Waals surface area contributed by atoms with E-state index in [1.807, 2.05) is 0 Å². The number of hydrogen-bond acceptors (Lipinski definition) is 6. The molecule has 16 heavy (non-hydrogen) atoms. The van der Waals surface area contributed by atoms with Crippen molar-refractivity contribution in [3.05, 3.63) is 17.3 Å². The number of carbonyl (C=O) groups excluding carboxylic acids is 1. The first kappa shape index (κ1) is 10.6. The summed E-state index contributed by atoms with van der Waals surface area (Å²) in [6.45, 7) is 0. The van der Waals surface area contributed by atoms with E-state index in [0.717, 1.165) is 17.1 Å². The molecule has 84 valence electrons. The summed E-state index contributed by atoms with van der Waals surface area (Å²) in [5.41, 5.74) is 7.52. The monoisotopic (exact) mass is 238 g/mol. The minimum atomic E-state index is -0.467. The fraction of sp³-hybridized carbons (Fsp3) is 0.222. The number of hydrogen-bond donors (Lipinski definition) is 1. The summed E-state index contributed by atoms with van der Waals surface area (Å²) in [5, 5.41) is 4.02. The number of nitrogen functional groups attached to an aromatic ring is 1. The first-order valence-corrected chi connectivity index (χ1v) is 5.23. The molecule has 0 saturated carbocycles. The molecule has 0 unspecified atom stereocenters. The molecule has 2 aromatic heterocycles. The SMILES string of the molecule is COC(=O)c1snc(-c2cnn(C)c2)c1N. The van der Waals surface area contributed by atoms with Crippen molar-refractivity contribution in [2.45, 2.75) is 0 Å². The van der Waals surface area contributed by atoms with E-state index in [-0.39, 0.29) is 0 Å². The van der Waals surface area contributed by atoms with Gasteiger partial charge in [-0.2, -0.15) is 9.47 Å². The average Bonchev–Trinajstić information content (AvgIpc) is 2.83. The highest BCUT2D eigenvalue weighted by Crippen LogP contribution is 2.30. The molecule has 6 nitrogen and oxygen atoms in total. The van der Waals surface area contributed by atoms with Gasteiger partial charge in [0.2, 0.25) is 0 Å². The van der Waals surface area contributed by atoms with Crippen molar-refractivity contribution in [1.82, 2.24) is 14.2 Å². The van der Waals surface area contributed by atoms with Crippen molar-refractivity contribution in [3.63, 3.8) is 0 Å². The molecule has 0 aliphatic heterocycles. The van der Waals surface area contributed by atoms with Gasteiger partial charge in [0, 0.05) is 18.8 Å². The second-order valence-electron chi connectivity index (χ2n) is 3.17. The predicted molar refractivity (Wildman–Crippen MR) is 60.1 cm³/mol. The van der Waals surface area contributed by atoms with Crippen LogP contribution in [0.15, 0.2) is 12.4 Å². The number of ether oxygens (including phenoxy) is 1. The summed E-state index contributed by atoms with van der Waals surface area (Å²) >= 11 is 1.03. The van der Waals surface area contributed by atoms with Gasteiger partial charge < -0.3 is 10.5 Å². The fourth-order valence-electron chi connectivity index (χ4n) is 1.29. The highest BCUT2D eigenvalue weighted by atomic mass is 32.1. The van der Waals surface area contributed by atoms with Gasteiger partial charge in [-0.15, -0.1) is 0 Å². The Labute approximate surface area is 95.8 Å². The normalized spacial score (nSPS) is 10.4. The van der Waals surface area contributed by atoms with Crippen LogP contribution < -0.4 is 5.73 Å². The first-order chi connectivity index (χ1) is 7.63. The molecule has 0 aliphatic carbocycles. The molecule has 2 N–H and O–H groups in total. The molecule has 0 saturated heterocycles. The summed E-state index contributed by atoms with van der Waals surface area (Å²) in [6.07, 6.45) is 3.43. The smallest absolute Gasteiger partial charge is 0.351 e. The minimum absolute atomic E-state index is 0.321. The molecule has 0 fully saturated rings. The molecule has 0 bridgehead atoms. The molecule has 2 rings (SSSR count). The van der Waals surface area contributed by atoms with Crippen LogP contribution >= 0.6 is 11.5 Å². The molecule has 2 heterocycles. The Bertz CT molecular complexity index is 531. The van der Waals surface area contributed by atoms with Gasteiger partial charge in [0.25, 0.3) is 0 Å². The standard InChI is InChI=1S/C9H10N4O2S/c1-13-4-5(3-11-13)7-6(10)8(16-12-7)9(14)15-2/h3-4H,10H2,1-2H3. The van der Waals surface area contributed by atoms with Crippen molar-refractivity contribution < 1.29 is 9.53 Å². The Kier molecular flexibility index (Phi) is 2.61. The van der Waals surface area contributed by atoms with Crippen LogP contribution in [0, 0.1) is 0 Å². The van der Waals surface area contributed by atoms with Crippen LogP contribution in [0.3, 0.4) is 0 Å². The third kappa shape index (κ3) is 1.65. The number of aromatic nitrogens is 3. The van der Waals surface area contributed by atoms with E-state index < -0.39 is 5.97 Å². The average molecular weight is 238 g/mol. The Morgan fingerprint density at radius 3 is 2.94 bits per heavy atom. The lowest BCUT2D eigenvalue weighted by Crippen LogP contribution is -2.02. The van der Waals surface area contributed by atoms with Gasteiger partial charge in [0.15, 0.2) is 4.88 Å². The number of anilines is 1. The Hall–Kier alpha value is -1.89. The largest absolute Gasteiger partial charge is 0.465 e. The number of methoxy groups -OCH3 is 1. The van der Waals surface area contributed by atoms with Gasteiger partial charge in [0.1, 0.15) is 5.69 Å². The number of aryl methyl sites for hydroxylation is 1. The van der Waals surface area contributed by atoms with E-state index in [2.05, 4.69) is 14.2 Å². The number of nitrogens with two attached hydrogens (primary N) is 1. The summed E-state index contributed by atoms with van der Waals surface area (Å²) in [7, 11) is 3.11. The lowest BCUT2D eigenvalue weighted by Gasteiger charge is -1.96. The van der Waals surface area contributed by atoms with Gasteiger partial charge in [-0.1, -0.05) is 0 Å². The van der Waals surface area contributed by atoms with Crippen molar-refractivity contribution in [2.24, 2.45) is 7.05 Å². The number of nitrogens with zero attached hydrogens (tertiary/aromatic N) is 3. The van der Waals surface area contributed by atoms with Gasteiger partial charge in [-0.25, -0.2) is 4.79 Å². The van der Waals surface area contributed by atoms with E-state index >= 15 is 0 Å². The van der Waals surface area contributed by atoms with Crippen molar-refractivity contribution in [3.8, 4) is 11.3 Å². The number of carbonyl (C=O) groups is 1. The fourth-order valence-corrected chi connectivity index (χ4v) is 2.03. The second kappa shape index (κ2) is 3.93. The molecular formula is C9H10N4O2S. The molecule has 0 atom stereocenters. The summed E-state index contributed by atoms with van der Waals surface area (Å²) in [6, 6.07) is 0. The summed E-state index contributed by atoms with van der Waals surface area (Å²) in [5.74, 6) is -0.467. The van der Waals surface area contributed by atoms with Crippen molar-refractivity contribution in [1.29, 1.82) is 0 Å². The maximum Gasteiger partial charge on any atom is 0.351 e. The van der Waals surface area contributed by atoms with Crippen molar-refractivity contribution in [2.75, 3.05) is 12.8 Å². The van der Waals surface area contributed by atoms with Crippen LogP contribution in [0.5, 0.6) is 0 Å². The van der Waals surface area contributed by atoms with Crippen LogP contribution in [0.25, 0.3) is 11.3 Å². The molecule has 7 heteroatoms. The molecule has 2 aromatic rings. The Balaban J connectivity index is 2.44. The number of esters is 1. The van der Waals surface area contributed by atoms with Crippen LogP contribution in [-0.4, -0.2) is 27.2 Å². The number of rotatable bonds is 2. The zero-order valence-corrected chi connectivity index (χ0v) is 9.61. The lowest BCUT2D eigenvalue weighted by molar-refractivity contribution is 0.0607. The first-order valence-electron chi connectivity index (χ1n) is 4.46. The maximum atomic E-state index is 11.3. The van der Waals surface area contributed by atoms with E-state index in [9.17, 15) is 4.79 Å². The van der Waals surface area contributed by atoms with Gasteiger partial charge in [-0.3, -0.25) is 4.68 Å². The molecule has 0 amide bonds. The maximum absolute atomic E-state index is 11.3. The Morgan fingerprint density at radius 1 is 1.62 bits per heavy atom. The van der Waals surface area contributed by atoms with E-state index in [4.69, 9.17) is 5.73 Å². The van der Waals surface area contributed by atoms with E-state index in [1.54, 1.807) is 24.1 Å². The molecule has 0 aromatic carbocycles. The highest BCUT2D eigenvalue weighted by molar-refractivity contribution is 7.09. The van der Waals surface area contributed by atoms with E-state index in [1.165, 1.54) is 7.11 Å². The molecule has 0 radical (unpaired) electrons. The topological polar surface area (TPSA) is 83.0 Å². The molecular weight excluding hydrogens is 228 g/mol. The zero-order chi connectivity index (χ0) is 11.7. The third-order valence-corrected chi connectivity index (χ3v) is 2.92. The van der Waals surface area contributed by atoms with E-state index in [0.29, 0.717) is 16.3 Å². The van der Waals surface area contributed by atoms with Gasteiger partial charge in [0.05, 0.1) is 19.0 Å². The lowest BCUT2D eigenvalue weighted by atomic mass is 10.2. The van der Waals surface area contributed by atoms with Gasteiger partial charge >= 0.3 is 5.97 Å².